The average Bonchev–Trinajstić information content (AvgIpc) is 2.63. The van der Waals surface area contributed by atoms with E-state index in [9.17, 15) is 40.3 Å². The number of hydrogen-bond donors (Lipinski definition) is 1. The molecular weight excluding hydrogens is 425 g/mol. The molecule has 12 heteroatoms. The Morgan fingerprint density at radius 3 is 1.93 bits per heavy atom. The number of alkyl halides is 6. The number of nitrogens with two attached hydrogens (primary N) is 1. The second kappa shape index (κ2) is 8.20. The summed E-state index contributed by atoms with van der Waals surface area (Å²) in [5, 5.41) is 0. The number of primary amides is 1. The topological polar surface area (TPSA) is 72.6 Å². The van der Waals surface area contributed by atoms with Crippen LogP contribution in [0.4, 0.5) is 35.5 Å². The Kier molecular flexibility index (Phi) is 6.28. The van der Waals surface area contributed by atoms with Gasteiger partial charge in [-0.1, -0.05) is 0 Å². The number of halogens is 7. The summed E-state index contributed by atoms with van der Waals surface area (Å²) < 4.78 is 96.4. The largest absolute Gasteiger partial charge is 0.489 e. The Bertz CT molecular complexity index is 939. The van der Waals surface area contributed by atoms with Crippen molar-refractivity contribution in [1.82, 2.24) is 4.90 Å². The van der Waals surface area contributed by atoms with Crippen molar-refractivity contribution in [1.29, 1.82) is 0 Å². The maximum absolute atomic E-state index is 14.1. The Morgan fingerprint density at radius 1 is 0.967 bits per heavy atom. The van der Waals surface area contributed by atoms with Gasteiger partial charge in [-0.05, 0) is 35.9 Å². The molecule has 2 aromatic carbocycles. The van der Waals surface area contributed by atoms with Crippen LogP contribution in [-0.4, -0.2) is 23.9 Å². The van der Waals surface area contributed by atoms with Gasteiger partial charge < -0.3 is 10.5 Å². The second-order valence-corrected chi connectivity index (χ2v) is 6.05. The third-order valence-electron chi connectivity index (χ3n) is 3.86. The molecule has 5 nitrogen and oxygen atoms in total. The molecule has 0 aliphatic rings. The lowest BCUT2D eigenvalue weighted by molar-refractivity contribution is -0.143. The fraction of sp³-hybridized carbons (Fsp3) is 0.222. The SMILES string of the molecule is CN(C(N)=O)C(=O)c1ccc(OCc2cc(C(F)(F)F)cc(C(F)(F)F)c2)cc1F. The lowest BCUT2D eigenvalue weighted by atomic mass is 10.1. The van der Waals surface area contributed by atoms with Crippen LogP contribution in [0.2, 0.25) is 0 Å². The highest BCUT2D eigenvalue weighted by Crippen LogP contribution is 2.36. The molecule has 0 heterocycles. The van der Waals surface area contributed by atoms with E-state index in [-0.39, 0.29) is 11.8 Å². The van der Waals surface area contributed by atoms with Crippen LogP contribution in [0.15, 0.2) is 36.4 Å². The highest BCUT2D eigenvalue weighted by atomic mass is 19.4. The Morgan fingerprint density at radius 2 is 1.50 bits per heavy atom. The Balaban J connectivity index is 2.26. The van der Waals surface area contributed by atoms with Gasteiger partial charge in [0.15, 0.2) is 0 Å². The average molecular weight is 438 g/mol. The fourth-order valence-corrected chi connectivity index (χ4v) is 2.31. The molecule has 2 rings (SSSR count). The van der Waals surface area contributed by atoms with Crippen molar-refractivity contribution < 1.29 is 45.1 Å². The quantitative estimate of drug-likeness (QED) is 0.710. The van der Waals surface area contributed by atoms with E-state index < -0.39 is 59.0 Å². The van der Waals surface area contributed by atoms with Gasteiger partial charge in [0.1, 0.15) is 18.2 Å². The summed E-state index contributed by atoms with van der Waals surface area (Å²) in [6.07, 6.45) is -10.0. The summed E-state index contributed by atoms with van der Waals surface area (Å²) in [5.74, 6) is -2.46. The van der Waals surface area contributed by atoms with Gasteiger partial charge in [0.2, 0.25) is 0 Å². The molecule has 2 aromatic rings. The van der Waals surface area contributed by atoms with E-state index in [1.807, 2.05) is 0 Å². The predicted octanol–water partition coefficient (Wildman–Crippen LogP) is 4.59. The third kappa shape index (κ3) is 5.39. The van der Waals surface area contributed by atoms with Gasteiger partial charge in [-0.2, -0.15) is 26.3 Å². The highest BCUT2D eigenvalue weighted by molar-refractivity contribution is 6.03. The standard InChI is InChI=1S/C18H13F7N2O3/c1-27(16(26)29)15(28)13-3-2-12(7-14(13)19)30-8-9-4-10(17(20,21)22)6-11(5-9)18(23,24)25/h2-7H,8H2,1H3,(H2,26,29). The fourth-order valence-electron chi connectivity index (χ4n) is 2.31. The molecule has 0 radical (unpaired) electrons. The molecule has 0 spiro atoms. The van der Waals surface area contributed by atoms with E-state index in [1.54, 1.807) is 0 Å². The molecule has 2 N–H and O–H groups in total. The van der Waals surface area contributed by atoms with Gasteiger partial charge in [-0.25, -0.2) is 9.18 Å². The van der Waals surface area contributed by atoms with Crippen molar-refractivity contribution in [3.8, 4) is 5.75 Å². The number of imide groups is 1. The van der Waals surface area contributed by atoms with E-state index >= 15 is 0 Å². The summed E-state index contributed by atoms with van der Waals surface area (Å²) in [6.45, 7) is -0.735. The van der Waals surface area contributed by atoms with Gasteiger partial charge >= 0.3 is 18.4 Å². The van der Waals surface area contributed by atoms with E-state index in [1.165, 1.54) is 0 Å². The van der Waals surface area contributed by atoms with Crippen LogP contribution in [0.3, 0.4) is 0 Å². The van der Waals surface area contributed by atoms with Crippen molar-refractivity contribution in [2.45, 2.75) is 19.0 Å². The number of amides is 3. The van der Waals surface area contributed by atoms with E-state index in [0.29, 0.717) is 23.1 Å². The maximum atomic E-state index is 14.1. The number of benzene rings is 2. The minimum absolute atomic E-state index is 0.0290. The number of carbonyl (C=O) groups is 2. The normalized spacial score (nSPS) is 11.9. The third-order valence-corrected chi connectivity index (χ3v) is 3.86. The molecular formula is C18H13F7N2O3. The van der Waals surface area contributed by atoms with E-state index in [0.717, 1.165) is 19.2 Å². The van der Waals surface area contributed by atoms with Crippen LogP contribution in [0.1, 0.15) is 27.0 Å². The number of rotatable bonds is 4. The monoisotopic (exact) mass is 438 g/mol. The summed E-state index contributed by atoms with van der Waals surface area (Å²) in [7, 11) is 1.01. The molecule has 162 valence electrons. The Labute approximate surface area is 164 Å². The minimum atomic E-state index is -5.02. The van der Waals surface area contributed by atoms with Crippen molar-refractivity contribution >= 4 is 11.9 Å². The van der Waals surface area contributed by atoms with Gasteiger partial charge in [-0.15, -0.1) is 0 Å². The zero-order chi connectivity index (χ0) is 22.9. The van der Waals surface area contributed by atoms with Crippen LogP contribution < -0.4 is 10.5 Å². The molecule has 0 aromatic heterocycles. The molecule has 0 aliphatic carbocycles. The van der Waals surface area contributed by atoms with E-state index in [2.05, 4.69) is 0 Å². The first kappa shape index (κ1) is 23.0. The predicted molar refractivity (Wildman–Crippen MR) is 88.9 cm³/mol. The highest BCUT2D eigenvalue weighted by Gasteiger charge is 2.36. The summed E-state index contributed by atoms with van der Waals surface area (Å²) in [6, 6.07) is 2.48. The van der Waals surface area contributed by atoms with Crippen LogP contribution in [0.25, 0.3) is 0 Å². The van der Waals surface area contributed by atoms with Crippen molar-refractivity contribution in [3.05, 3.63) is 64.5 Å². The van der Waals surface area contributed by atoms with Crippen molar-refractivity contribution in [2.24, 2.45) is 5.73 Å². The zero-order valence-corrected chi connectivity index (χ0v) is 15.1. The first-order valence-corrected chi connectivity index (χ1v) is 7.98. The lowest BCUT2D eigenvalue weighted by Crippen LogP contribution is -2.37. The minimum Gasteiger partial charge on any atom is -0.489 e. The van der Waals surface area contributed by atoms with Crippen LogP contribution in [0, 0.1) is 5.82 Å². The van der Waals surface area contributed by atoms with Crippen molar-refractivity contribution in [2.75, 3.05) is 7.05 Å². The van der Waals surface area contributed by atoms with Gasteiger partial charge in [0.05, 0.1) is 16.7 Å². The molecule has 3 amide bonds. The van der Waals surface area contributed by atoms with Gasteiger partial charge in [0.25, 0.3) is 5.91 Å². The number of carbonyl (C=O) groups excluding carboxylic acids is 2. The molecule has 0 bridgehead atoms. The maximum Gasteiger partial charge on any atom is 0.416 e. The zero-order valence-electron chi connectivity index (χ0n) is 15.1. The number of urea groups is 1. The number of ether oxygens (including phenoxy) is 1. The second-order valence-electron chi connectivity index (χ2n) is 6.05. The molecule has 0 fully saturated rings. The molecule has 0 atom stereocenters. The smallest absolute Gasteiger partial charge is 0.416 e. The molecule has 0 aliphatic heterocycles. The van der Waals surface area contributed by atoms with Gasteiger partial charge in [0, 0.05) is 13.1 Å². The number of hydrogen-bond acceptors (Lipinski definition) is 3. The van der Waals surface area contributed by atoms with E-state index in [4.69, 9.17) is 10.5 Å². The summed E-state index contributed by atoms with van der Waals surface area (Å²) in [5.41, 5.74) is 0.886. The summed E-state index contributed by atoms with van der Waals surface area (Å²) in [4.78, 5) is 23.3. The first-order chi connectivity index (χ1) is 13.7. The lowest BCUT2D eigenvalue weighted by Gasteiger charge is -2.15. The van der Waals surface area contributed by atoms with Crippen LogP contribution >= 0.6 is 0 Å². The molecule has 0 unspecified atom stereocenters. The van der Waals surface area contributed by atoms with Crippen molar-refractivity contribution in [3.63, 3.8) is 0 Å². The first-order valence-electron chi connectivity index (χ1n) is 7.98. The Hall–Kier alpha value is -3.31. The van der Waals surface area contributed by atoms with Gasteiger partial charge in [-0.3, -0.25) is 9.69 Å². The summed E-state index contributed by atoms with van der Waals surface area (Å²) >= 11 is 0. The van der Waals surface area contributed by atoms with Crippen LogP contribution in [-0.2, 0) is 19.0 Å². The molecule has 0 saturated heterocycles. The van der Waals surface area contributed by atoms with Crippen LogP contribution in [0.5, 0.6) is 5.75 Å². The molecule has 30 heavy (non-hydrogen) atoms. The molecule has 0 saturated carbocycles. The number of nitrogens with zero attached hydrogens (tertiary/aromatic N) is 1.